The first-order chi connectivity index (χ1) is 16.5. The van der Waals surface area contributed by atoms with E-state index in [1.54, 1.807) is 25.2 Å². The average Bonchev–Trinajstić information content (AvgIpc) is 3.28. The summed E-state index contributed by atoms with van der Waals surface area (Å²) in [7, 11) is 3.23. The Bertz CT molecular complexity index is 1010. The van der Waals surface area contributed by atoms with E-state index in [1.807, 2.05) is 25.3 Å². The quantitative estimate of drug-likeness (QED) is 0.319. The van der Waals surface area contributed by atoms with Crippen LogP contribution in [0.1, 0.15) is 39.9 Å². The van der Waals surface area contributed by atoms with Gasteiger partial charge in [-0.3, -0.25) is 4.79 Å². The number of hydrogen-bond acceptors (Lipinski definition) is 5. The van der Waals surface area contributed by atoms with Gasteiger partial charge in [0.05, 0.1) is 33.0 Å². The lowest BCUT2D eigenvalue weighted by atomic mass is 10.0. The molecule has 1 amide bonds. The van der Waals surface area contributed by atoms with Gasteiger partial charge in [-0.1, -0.05) is 35.9 Å². The van der Waals surface area contributed by atoms with Crippen molar-refractivity contribution in [2.45, 2.75) is 32.7 Å². The molecule has 2 aromatic carbocycles. The summed E-state index contributed by atoms with van der Waals surface area (Å²) in [4.78, 5) is 15.3. The summed E-state index contributed by atoms with van der Waals surface area (Å²) in [5, 5.41) is 0. The van der Waals surface area contributed by atoms with Crippen molar-refractivity contribution in [3.8, 4) is 11.5 Å². The normalized spacial score (nSPS) is 15.2. The van der Waals surface area contributed by atoms with Crippen molar-refractivity contribution in [1.29, 1.82) is 0 Å². The maximum absolute atomic E-state index is 13.5. The molecule has 0 aliphatic carbocycles. The summed E-state index contributed by atoms with van der Waals surface area (Å²) in [6.07, 6.45) is 5.25. The van der Waals surface area contributed by atoms with Crippen molar-refractivity contribution in [2.24, 2.45) is 0 Å². The molecule has 2 aromatic rings. The molecular formula is C28H35NO5. The van der Waals surface area contributed by atoms with Crippen LogP contribution >= 0.6 is 0 Å². The van der Waals surface area contributed by atoms with Gasteiger partial charge in [0.15, 0.2) is 11.5 Å². The van der Waals surface area contributed by atoms with Gasteiger partial charge in [0.1, 0.15) is 0 Å². The molecule has 1 aliphatic rings. The third-order valence-corrected chi connectivity index (χ3v) is 5.87. The molecule has 182 valence electrons. The standard InChI is InChI=1S/C28H35NO5/c1-6-24-17-23(22-10-8-20(2)9-11-22)19-29(24)28(30)25-18-26(32-5)27(16-21(25)3)34-13-7-12-33-15-14-31-4/h6,8-11,16,18-19,24H,1,7,12-15,17H2,2-5H3. The van der Waals surface area contributed by atoms with E-state index in [9.17, 15) is 4.79 Å². The van der Waals surface area contributed by atoms with Crippen molar-refractivity contribution in [1.82, 2.24) is 4.90 Å². The van der Waals surface area contributed by atoms with Crippen molar-refractivity contribution in [3.05, 3.63) is 77.5 Å². The summed E-state index contributed by atoms with van der Waals surface area (Å²) in [6, 6.07) is 11.9. The van der Waals surface area contributed by atoms with Crippen molar-refractivity contribution >= 4 is 11.5 Å². The second-order valence-electron chi connectivity index (χ2n) is 8.37. The van der Waals surface area contributed by atoms with Gasteiger partial charge in [-0.25, -0.2) is 0 Å². The molecular weight excluding hydrogens is 430 g/mol. The zero-order valence-electron chi connectivity index (χ0n) is 20.6. The van der Waals surface area contributed by atoms with Crippen LogP contribution in [0.3, 0.4) is 0 Å². The van der Waals surface area contributed by atoms with E-state index < -0.39 is 0 Å². The molecule has 1 heterocycles. The molecule has 6 nitrogen and oxygen atoms in total. The van der Waals surface area contributed by atoms with Crippen LogP contribution < -0.4 is 9.47 Å². The second kappa shape index (κ2) is 12.4. The van der Waals surface area contributed by atoms with Gasteiger partial charge in [0.25, 0.3) is 5.91 Å². The SMILES string of the molecule is C=CC1CC(c2ccc(C)cc2)=CN1C(=O)c1cc(OC)c(OCCCOCCOC)cc1C. The van der Waals surface area contributed by atoms with E-state index in [4.69, 9.17) is 18.9 Å². The summed E-state index contributed by atoms with van der Waals surface area (Å²) in [5.41, 5.74) is 4.87. The predicted octanol–water partition coefficient (Wildman–Crippen LogP) is 5.19. The van der Waals surface area contributed by atoms with Crippen LogP contribution in [-0.4, -0.2) is 57.5 Å². The topological polar surface area (TPSA) is 57.2 Å². The molecule has 34 heavy (non-hydrogen) atoms. The van der Waals surface area contributed by atoms with Crippen LogP contribution in [0.4, 0.5) is 0 Å². The minimum Gasteiger partial charge on any atom is -0.493 e. The van der Waals surface area contributed by atoms with Gasteiger partial charge in [-0.05, 0) is 49.1 Å². The summed E-state index contributed by atoms with van der Waals surface area (Å²) in [5.74, 6) is 1.07. The van der Waals surface area contributed by atoms with Crippen molar-refractivity contribution in [2.75, 3.05) is 40.6 Å². The van der Waals surface area contributed by atoms with Crippen LogP contribution in [0.15, 0.2) is 55.3 Å². The van der Waals surface area contributed by atoms with Gasteiger partial charge >= 0.3 is 0 Å². The summed E-state index contributed by atoms with van der Waals surface area (Å²) in [6.45, 7) is 10.2. The molecule has 0 radical (unpaired) electrons. The van der Waals surface area contributed by atoms with E-state index >= 15 is 0 Å². The zero-order valence-corrected chi connectivity index (χ0v) is 20.6. The highest BCUT2D eigenvalue weighted by Gasteiger charge is 2.30. The highest BCUT2D eigenvalue weighted by molar-refractivity contribution is 5.98. The minimum absolute atomic E-state index is 0.0825. The number of ether oxygens (including phenoxy) is 4. The number of nitrogens with zero attached hydrogens (tertiary/aromatic N) is 1. The van der Waals surface area contributed by atoms with E-state index in [0.29, 0.717) is 43.5 Å². The minimum atomic E-state index is -0.0942. The lowest BCUT2D eigenvalue weighted by Gasteiger charge is -2.22. The Balaban J connectivity index is 1.73. The highest BCUT2D eigenvalue weighted by atomic mass is 16.5. The fraction of sp³-hybridized carbons (Fsp3) is 0.393. The molecule has 0 fully saturated rings. The Hall–Kier alpha value is -3.09. The molecule has 0 N–H and O–H groups in total. The molecule has 0 aromatic heterocycles. The molecule has 0 saturated heterocycles. The number of carbonyl (C=O) groups is 1. The van der Waals surface area contributed by atoms with Crippen LogP contribution in [0.2, 0.25) is 0 Å². The van der Waals surface area contributed by atoms with Crippen molar-refractivity contribution < 1.29 is 23.7 Å². The Morgan fingerprint density at radius 3 is 2.50 bits per heavy atom. The van der Waals surface area contributed by atoms with Gasteiger partial charge in [-0.2, -0.15) is 0 Å². The van der Waals surface area contributed by atoms with Crippen molar-refractivity contribution in [3.63, 3.8) is 0 Å². The van der Waals surface area contributed by atoms with Crippen LogP contribution in [0, 0.1) is 13.8 Å². The first-order valence-corrected chi connectivity index (χ1v) is 11.6. The third kappa shape index (κ3) is 6.27. The van der Waals surface area contributed by atoms with Gasteiger partial charge in [0.2, 0.25) is 0 Å². The van der Waals surface area contributed by atoms with Gasteiger partial charge in [-0.15, -0.1) is 6.58 Å². The fourth-order valence-electron chi connectivity index (χ4n) is 3.90. The lowest BCUT2D eigenvalue weighted by Crippen LogP contribution is -2.31. The molecule has 0 saturated carbocycles. The highest BCUT2D eigenvalue weighted by Crippen LogP contribution is 2.35. The maximum atomic E-state index is 13.5. The number of methoxy groups -OCH3 is 2. The molecule has 6 heteroatoms. The van der Waals surface area contributed by atoms with E-state index in [2.05, 4.69) is 37.8 Å². The number of aryl methyl sites for hydroxylation is 2. The average molecular weight is 466 g/mol. The molecule has 1 atom stereocenters. The largest absolute Gasteiger partial charge is 0.493 e. The first-order valence-electron chi connectivity index (χ1n) is 11.6. The monoisotopic (exact) mass is 465 g/mol. The Kier molecular flexibility index (Phi) is 9.31. The number of carbonyl (C=O) groups excluding carboxylic acids is 1. The Labute approximate surface area is 202 Å². The zero-order chi connectivity index (χ0) is 24.5. The number of amides is 1. The van der Waals surface area contributed by atoms with Crippen LogP contribution in [0.5, 0.6) is 11.5 Å². The smallest absolute Gasteiger partial charge is 0.258 e. The Morgan fingerprint density at radius 1 is 1.06 bits per heavy atom. The van der Waals surface area contributed by atoms with E-state index in [-0.39, 0.29) is 11.9 Å². The lowest BCUT2D eigenvalue weighted by molar-refractivity contribution is 0.0643. The summed E-state index contributed by atoms with van der Waals surface area (Å²) < 4.78 is 21.9. The number of rotatable bonds is 12. The first kappa shape index (κ1) is 25.5. The maximum Gasteiger partial charge on any atom is 0.258 e. The van der Waals surface area contributed by atoms with Crippen LogP contribution in [-0.2, 0) is 9.47 Å². The number of hydrogen-bond donors (Lipinski definition) is 0. The molecule has 0 spiro atoms. The second-order valence-corrected chi connectivity index (χ2v) is 8.37. The number of benzene rings is 2. The third-order valence-electron chi connectivity index (χ3n) is 5.87. The fourth-order valence-corrected chi connectivity index (χ4v) is 3.90. The Morgan fingerprint density at radius 2 is 1.82 bits per heavy atom. The summed E-state index contributed by atoms with van der Waals surface area (Å²) >= 11 is 0. The molecule has 1 aliphatic heterocycles. The van der Waals surface area contributed by atoms with Gasteiger partial charge in [0, 0.05) is 31.9 Å². The molecule has 0 bridgehead atoms. The van der Waals surface area contributed by atoms with E-state index in [1.165, 1.54) is 5.56 Å². The van der Waals surface area contributed by atoms with Gasteiger partial charge < -0.3 is 23.8 Å². The molecule has 1 unspecified atom stereocenters. The predicted molar refractivity (Wildman–Crippen MR) is 134 cm³/mol. The van der Waals surface area contributed by atoms with E-state index in [0.717, 1.165) is 29.5 Å². The van der Waals surface area contributed by atoms with Crippen LogP contribution in [0.25, 0.3) is 5.57 Å². The molecule has 3 rings (SSSR count).